The van der Waals surface area contributed by atoms with Gasteiger partial charge in [-0.3, -0.25) is 0 Å². The summed E-state index contributed by atoms with van der Waals surface area (Å²) in [5.41, 5.74) is 8.55. The van der Waals surface area contributed by atoms with E-state index in [-0.39, 0.29) is 5.56 Å². The molecule has 5 aromatic rings. The van der Waals surface area contributed by atoms with Gasteiger partial charge in [-0.2, -0.15) is 0 Å². The summed E-state index contributed by atoms with van der Waals surface area (Å²) < 4.78 is 28.9. The van der Waals surface area contributed by atoms with Gasteiger partial charge in [-0.1, -0.05) is 97.1 Å². The van der Waals surface area contributed by atoms with Crippen molar-refractivity contribution in [3.05, 3.63) is 138 Å². The fraction of sp³-hybridized carbons (Fsp3) is 0.128. The minimum absolute atomic E-state index is 0.0138. The largest absolute Gasteiger partial charge is 0.270 e. The molecule has 0 saturated carbocycles. The molecule has 0 fully saturated rings. The molecule has 0 radical (unpaired) electrons. The molecule has 5 aromatic carbocycles. The van der Waals surface area contributed by atoms with Crippen LogP contribution in [0.1, 0.15) is 49.4 Å². The Morgan fingerprint density at radius 3 is 2.32 bits per heavy atom. The van der Waals surface area contributed by atoms with Crippen molar-refractivity contribution in [3.63, 3.8) is 0 Å². The van der Waals surface area contributed by atoms with Crippen LogP contribution in [0.3, 0.4) is 0 Å². The van der Waals surface area contributed by atoms with Gasteiger partial charge in [0.05, 0.1) is 0 Å². The van der Waals surface area contributed by atoms with Crippen LogP contribution in [0.5, 0.6) is 0 Å². The van der Waals surface area contributed by atoms with E-state index in [1.165, 1.54) is 17.2 Å². The highest BCUT2D eigenvalue weighted by atomic mass is 19.3. The van der Waals surface area contributed by atoms with E-state index >= 15 is 0 Å². The molecule has 0 unspecified atom stereocenters. The summed E-state index contributed by atoms with van der Waals surface area (Å²) in [6, 6.07) is 28.6. The molecule has 1 aliphatic rings. The van der Waals surface area contributed by atoms with Crippen molar-refractivity contribution < 1.29 is 8.78 Å². The second kappa shape index (κ2) is 10.8. The van der Waals surface area contributed by atoms with Gasteiger partial charge >= 0.3 is 0 Å². The van der Waals surface area contributed by atoms with Crippen molar-refractivity contribution in [1.82, 2.24) is 0 Å². The third kappa shape index (κ3) is 5.07. The molecule has 0 bridgehead atoms. The van der Waals surface area contributed by atoms with Gasteiger partial charge in [-0.15, -0.1) is 0 Å². The molecule has 41 heavy (non-hydrogen) atoms. The molecule has 0 N–H and O–H groups in total. The van der Waals surface area contributed by atoms with Crippen molar-refractivity contribution in [2.75, 3.05) is 0 Å². The maximum atomic E-state index is 14.5. The maximum absolute atomic E-state index is 14.5. The normalized spacial score (nSPS) is 13.7. The zero-order valence-electron chi connectivity index (χ0n) is 23.6. The molecule has 6 rings (SSSR count). The fourth-order valence-electron chi connectivity index (χ4n) is 5.88. The molecular formula is C39H32F2. The van der Waals surface area contributed by atoms with Crippen LogP contribution in [-0.4, -0.2) is 0 Å². The molecule has 0 amide bonds. The SMILES string of the molecule is C/C=C\C(=C/C)c1cc(-c2cccc(C(C)(F)F)c2)c2cc3ccccc3c(-c3ccc4c(c3)C=CCC=C4)c2c1. The minimum atomic E-state index is -2.93. The van der Waals surface area contributed by atoms with Crippen molar-refractivity contribution in [2.45, 2.75) is 33.1 Å². The lowest BCUT2D eigenvalue weighted by Gasteiger charge is -2.19. The number of benzene rings is 5. The van der Waals surface area contributed by atoms with Gasteiger partial charge in [0, 0.05) is 12.5 Å². The first kappa shape index (κ1) is 26.7. The standard InChI is InChI=1S/C39H32F2/c1-4-12-26(5-2)32-24-35(29-16-11-17-33(22-29)39(3,40)41)36-23-30-15-9-10-18-34(30)38(37(36)25-32)31-20-19-27-13-7-6-8-14-28(27)21-31/h4-5,7-25H,6H2,1-3H3/b12-4-,26-5+. The average Bonchev–Trinajstić information content (AvgIpc) is 3.23. The number of fused-ring (bicyclic) bond motifs is 3. The predicted octanol–water partition coefficient (Wildman–Crippen LogP) is 11.8. The smallest absolute Gasteiger partial charge is 0.202 e. The highest BCUT2D eigenvalue weighted by molar-refractivity contribution is 6.17. The first-order valence-electron chi connectivity index (χ1n) is 14.1. The molecule has 0 nitrogen and oxygen atoms in total. The van der Waals surface area contributed by atoms with E-state index in [0.29, 0.717) is 0 Å². The van der Waals surface area contributed by atoms with E-state index in [4.69, 9.17) is 0 Å². The molecule has 0 aliphatic heterocycles. The highest BCUT2D eigenvalue weighted by Gasteiger charge is 2.25. The average molecular weight is 539 g/mol. The molecule has 0 spiro atoms. The summed E-state index contributed by atoms with van der Waals surface area (Å²) in [6.07, 6.45) is 15.9. The first-order chi connectivity index (χ1) is 19.9. The third-order valence-corrected chi connectivity index (χ3v) is 7.89. The first-order valence-corrected chi connectivity index (χ1v) is 14.1. The molecule has 202 valence electrons. The van der Waals surface area contributed by atoms with Crippen LogP contribution in [0.4, 0.5) is 8.78 Å². The van der Waals surface area contributed by atoms with Crippen molar-refractivity contribution in [2.24, 2.45) is 0 Å². The van der Waals surface area contributed by atoms with E-state index in [2.05, 4.69) is 97.1 Å². The molecule has 2 heteroatoms. The van der Waals surface area contributed by atoms with Crippen LogP contribution in [0, 0.1) is 0 Å². The van der Waals surface area contributed by atoms with Crippen LogP contribution >= 0.6 is 0 Å². The van der Waals surface area contributed by atoms with Crippen molar-refractivity contribution in [1.29, 1.82) is 0 Å². The second-order valence-corrected chi connectivity index (χ2v) is 10.7. The Balaban J connectivity index is 1.75. The van der Waals surface area contributed by atoms with Gasteiger partial charge in [0.1, 0.15) is 0 Å². The number of halogens is 2. The van der Waals surface area contributed by atoms with E-state index in [1.807, 2.05) is 26.0 Å². The van der Waals surface area contributed by atoms with Gasteiger partial charge in [0.25, 0.3) is 5.92 Å². The second-order valence-electron chi connectivity index (χ2n) is 10.7. The molecule has 1 aliphatic carbocycles. The van der Waals surface area contributed by atoms with E-state index in [1.54, 1.807) is 12.1 Å². The van der Waals surface area contributed by atoms with Crippen molar-refractivity contribution >= 4 is 39.3 Å². The van der Waals surface area contributed by atoms with Crippen LogP contribution in [0.2, 0.25) is 0 Å². The number of rotatable bonds is 5. The zero-order chi connectivity index (χ0) is 28.6. The summed E-state index contributed by atoms with van der Waals surface area (Å²) in [6.45, 7) is 5.00. The topological polar surface area (TPSA) is 0 Å². The van der Waals surface area contributed by atoms with Gasteiger partial charge < -0.3 is 0 Å². The lowest BCUT2D eigenvalue weighted by atomic mass is 9.85. The molecular weight excluding hydrogens is 506 g/mol. The minimum Gasteiger partial charge on any atom is -0.202 e. The zero-order valence-corrected chi connectivity index (χ0v) is 23.6. The Hall–Kier alpha value is -4.56. The lowest BCUT2D eigenvalue weighted by molar-refractivity contribution is 0.0175. The summed E-state index contributed by atoms with van der Waals surface area (Å²) in [5, 5.41) is 4.42. The monoisotopic (exact) mass is 538 g/mol. The Morgan fingerprint density at radius 2 is 1.54 bits per heavy atom. The molecule has 0 aromatic heterocycles. The number of alkyl halides is 2. The summed E-state index contributed by atoms with van der Waals surface area (Å²) >= 11 is 0. The lowest BCUT2D eigenvalue weighted by Crippen LogP contribution is -2.06. The summed E-state index contributed by atoms with van der Waals surface area (Å²) in [4.78, 5) is 0. The van der Waals surface area contributed by atoms with Crippen LogP contribution in [-0.2, 0) is 5.92 Å². The van der Waals surface area contributed by atoms with Gasteiger partial charge in [-0.05, 0) is 117 Å². The Labute approximate surface area is 240 Å². The molecule has 0 saturated heterocycles. The number of hydrogen-bond acceptors (Lipinski definition) is 0. The number of allylic oxidation sites excluding steroid dienone is 6. The summed E-state index contributed by atoms with van der Waals surface area (Å²) in [5.74, 6) is -2.93. The Morgan fingerprint density at radius 1 is 0.732 bits per heavy atom. The van der Waals surface area contributed by atoms with Gasteiger partial charge in [-0.25, -0.2) is 8.78 Å². The van der Waals surface area contributed by atoms with Crippen LogP contribution in [0.25, 0.3) is 61.5 Å². The van der Waals surface area contributed by atoms with Crippen molar-refractivity contribution in [3.8, 4) is 22.3 Å². The highest BCUT2D eigenvalue weighted by Crippen LogP contribution is 2.43. The predicted molar refractivity (Wildman–Crippen MR) is 173 cm³/mol. The van der Waals surface area contributed by atoms with Gasteiger partial charge in [0.2, 0.25) is 0 Å². The third-order valence-electron chi connectivity index (χ3n) is 7.89. The quantitative estimate of drug-likeness (QED) is 0.154. The fourth-order valence-corrected chi connectivity index (χ4v) is 5.88. The van der Waals surface area contributed by atoms with Crippen LogP contribution in [0.15, 0.2) is 115 Å². The Kier molecular flexibility index (Phi) is 7.01. The molecule has 0 atom stereocenters. The van der Waals surface area contributed by atoms with E-state index < -0.39 is 5.92 Å². The Bertz CT molecular complexity index is 1910. The van der Waals surface area contributed by atoms with E-state index in [9.17, 15) is 8.78 Å². The van der Waals surface area contributed by atoms with Crippen LogP contribution < -0.4 is 0 Å². The van der Waals surface area contributed by atoms with E-state index in [0.717, 1.165) is 68.3 Å². The maximum Gasteiger partial charge on any atom is 0.270 e. The molecule has 0 heterocycles. The summed E-state index contributed by atoms with van der Waals surface area (Å²) in [7, 11) is 0. The van der Waals surface area contributed by atoms with Gasteiger partial charge in [0.15, 0.2) is 0 Å². The number of hydrogen-bond donors (Lipinski definition) is 0.